The molecular formula is C13H26Cl2N2OS2. The first-order valence-corrected chi connectivity index (χ1v) is 9.44. The molecule has 3 saturated heterocycles. The number of thioether (sulfide) groups is 2. The number of nitrogens with one attached hydrogen (secondary N) is 2. The fourth-order valence-corrected chi connectivity index (χ4v) is 5.65. The Hall–Kier alpha value is 1.16. The summed E-state index contributed by atoms with van der Waals surface area (Å²) in [5.41, 5.74) is 0.202. The Morgan fingerprint density at radius 1 is 1.00 bits per heavy atom. The quantitative estimate of drug-likeness (QED) is 0.788. The van der Waals surface area contributed by atoms with Crippen molar-refractivity contribution in [3.8, 4) is 0 Å². The van der Waals surface area contributed by atoms with E-state index in [4.69, 9.17) is 4.74 Å². The van der Waals surface area contributed by atoms with Crippen LogP contribution in [0.15, 0.2) is 0 Å². The maximum Gasteiger partial charge on any atom is 0.0723 e. The normalized spacial score (nSPS) is 30.3. The molecule has 1 atom stereocenters. The smallest absolute Gasteiger partial charge is 0.0723 e. The summed E-state index contributed by atoms with van der Waals surface area (Å²) in [6.07, 6.45) is 3.61. The molecule has 3 aliphatic heterocycles. The summed E-state index contributed by atoms with van der Waals surface area (Å²) >= 11 is 4.20. The van der Waals surface area contributed by atoms with E-state index >= 15 is 0 Å². The second-order valence-corrected chi connectivity index (χ2v) is 7.96. The molecule has 2 N–H and O–H groups in total. The Labute approximate surface area is 143 Å². The lowest BCUT2D eigenvalue weighted by atomic mass is 9.88. The maximum absolute atomic E-state index is 6.15. The topological polar surface area (TPSA) is 33.3 Å². The molecule has 1 unspecified atom stereocenters. The monoisotopic (exact) mass is 360 g/mol. The number of piperidine rings is 1. The van der Waals surface area contributed by atoms with Crippen molar-refractivity contribution in [2.45, 2.75) is 36.9 Å². The molecule has 0 bridgehead atoms. The zero-order chi connectivity index (χ0) is 12.3. The van der Waals surface area contributed by atoms with Gasteiger partial charge in [-0.3, -0.25) is 0 Å². The minimum Gasteiger partial charge on any atom is -0.373 e. The van der Waals surface area contributed by atoms with Gasteiger partial charge in [-0.25, -0.2) is 0 Å². The summed E-state index contributed by atoms with van der Waals surface area (Å²) in [5, 5.41) is 7.28. The van der Waals surface area contributed by atoms with Crippen molar-refractivity contribution < 1.29 is 4.74 Å². The van der Waals surface area contributed by atoms with Crippen LogP contribution in [0.2, 0.25) is 0 Å². The fraction of sp³-hybridized carbons (Fsp3) is 1.00. The standard InChI is InChI=1S/C13H24N2OS2.2ClH/c1-3-14-4-2-13(1)7-11(8-16-13)15-12-9-17-5-6-18-10-12;;/h11-12,14-15H,1-10H2;2*1H. The van der Waals surface area contributed by atoms with Crippen molar-refractivity contribution in [3.05, 3.63) is 0 Å². The van der Waals surface area contributed by atoms with Crippen molar-refractivity contribution in [2.24, 2.45) is 0 Å². The third kappa shape index (κ3) is 5.11. The van der Waals surface area contributed by atoms with E-state index in [-0.39, 0.29) is 30.4 Å². The van der Waals surface area contributed by atoms with Gasteiger partial charge in [0.05, 0.1) is 12.2 Å². The van der Waals surface area contributed by atoms with Crippen LogP contribution < -0.4 is 10.6 Å². The van der Waals surface area contributed by atoms with Gasteiger partial charge in [0.2, 0.25) is 0 Å². The predicted molar refractivity (Wildman–Crippen MR) is 95.3 cm³/mol. The molecule has 0 aromatic rings. The Bertz CT molecular complexity index is 273. The molecule has 7 heteroatoms. The molecule has 3 heterocycles. The molecular weight excluding hydrogens is 335 g/mol. The third-order valence-electron chi connectivity index (χ3n) is 4.21. The second-order valence-electron chi connectivity index (χ2n) is 5.66. The van der Waals surface area contributed by atoms with Crippen LogP contribution in [0.1, 0.15) is 19.3 Å². The van der Waals surface area contributed by atoms with Crippen molar-refractivity contribution in [2.75, 3.05) is 42.7 Å². The molecule has 0 aliphatic carbocycles. The van der Waals surface area contributed by atoms with E-state index in [1.807, 2.05) is 0 Å². The van der Waals surface area contributed by atoms with Gasteiger partial charge in [0, 0.05) is 35.1 Å². The number of hydrogen-bond acceptors (Lipinski definition) is 5. The molecule has 3 rings (SSSR count). The van der Waals surface area contributed by atoms with Crippen molar-refractivity contribution >= 4 is 48.3 Å². The fourth-order valence-electron chi connectivity index (χ4n) is 3.23. The molecule has 120 valence electrons. The lowest BCUT2D eigenvalue weighted by molar-refractivity contribution is -0.0194. The van der Waals surface area contributed by atoms with E-state index in [2.05, 4.69) is 34.2 Å². The number of rotatable bonds is 2. The van der Waals surface area contributed by atoms with Gasteiger partial charge in [-0.1, -0.05) is 0 Å². The molecule has 20 heavy (non-hydrogen) atoms. The average molecular weight is 361 g/mol. The number of halogens is 2. The Morgan fingerprint density at radius 3 is 2.30 bits per heavy atom. The van der Waals surface area contributed by atoms with Gasteiger partial charge in [-0.2, -0.15) is 23.5 Å². The maximum atomic E-state index is 6.15. The summed E-state index contributed by atoms with van der Waals surface area (Å²) < 4.78 is 6.15. The molecule has 3 nitrogen and oxygen atoms in total. The molecule has 0 amide bonds. The van der Waals surface area contributed by atoms with Crippen molar-refractivity contribution in [1.29, 1.82) is 0 Å². The predicted octanol–water partition coefficient (Wildman–Crippen LogP) is 2.18. The Balaban J connectivity index is 0.000001000. The van der Waals surface area contributed by atoms with Crippen LogP contribution in [0.5, 0.6) is 0 Å². The minimum absolute atomic E-state index is 0. The first-order chi connectivity index (χ1) is 8.86. The third-order valence-corrected chi connectivity index (χ3v) is 6.73. The van der Waals surface area contributed by atoms with Crippen LogP contribution >= 0.6 is 48.3 Å². The summed E-state index contributed by atoms with van der Waals surface area (Å²) in [6, 6.07) is 1.28. The van der Waals surface area contributed by atoms with Crippen molar-refractivity contribution in [1.82, 2.24) is 10.6 Å². The Kier molecular flexibility index (Phi) is 8.96. The van der Waals surface area contributed by atoms with Gasteiger partial charge in [-0.15, -0.1) is 24.8 Å². The zero-order valence-electron chi connectivity index (χ0n) is 11.8. The summed E-state index contributed by atoms with van der Waals surface area (Å²) in [7, 11) is 0. The van der Waals surface area contributed by atoms with Crippen LogP contribution in [0.4, 0.5) is 0 Å². The molecule has 0 saturated carbocycles. The highest BCUT2D eigenvalue weighted by molar-refractivity contribution is 8.03. The summed E-state index contributed by atoms with van der Waals surface area (Å²) in [5.74, 6) is 5.19. The van der Waals surface area contributed by atoms with E-state index in [1.165, 1.54) is 42.3 Å². The zero-order valence-corrected chi connectivity index (χ0v) is 15.0. The molecule has 3 aliphatic rings. The van der Waals surface area contributed by atoms with Crippen LogP contribution in [-0.4, -0.2) is 60.4 Å². The highest BCUT2D eigenvalue weighted by Gasteiger charge is 2.41. The van der Waals surface area contributed by atoms with E-state index in [0.717, 1.165) is 19.7 Å². The van der Waals surface area contributed by atoms with Crippen molar-refractivity contribution in [3.63, 3.8) is 0 Å². The highest BCUT2D eigenvalue weighted by Crippen LogP contribution is 2.34. The van der Waals surface area contributed by atoms with Gasteiger partial charge in [-0.05, 0) is 32.4 Å². The molecule has 0 aromatic carbocycles. The number of ether oxygens (including phenoxy) is 1. The molecule has 0 radical (unpaired) electrons. The summed E-state index contributed by atoms with van der Waals surface area (Å²) in [4.78, 5) is 0. The first-order valence-electron chi connectivity index (χ1n) is 7.13. The van der Waals surface area contributed by atoms with Gasteiger partial charge in [0.15, 0.2) is 0 Å². The molecule has 1 spiro atoms. The molecule has 3 fully saturated rings. The van der Waals surface area contributed by atoms with Gasteiger partial charge < -0.3 is 15.4 Å². The van der Waals surface area contributed by atoms with Crippen LogP contribution in [0, 0.1) is 0 Å². The SMILES string of the molecule is C1CC2(CCN1)CC(NC1CSCCSC1)CO2.Cl.Cl. The number of hydrogen-bond donors (Lipinski definition) is 2. The van der Waals surface area contributed by atoms with Crippen LogP contribution in [0.25, 0.3) is 0 Å². The van der Waals surface area contributed by atoms with Crippen LogP contribution in [-0.2, 0) is 4.74 Å². The Morgan fingerprint density at radius 2 is 1.65 bits per heavy atom. The molecule has 0 aromatic heterocycles. The van der Waals surface area contributed by atoms with Gasteiger partial charge in [0.25, 0.3) is 0 Å². The minimum atomic E-state index is 0. The first kappa shape index (κ1) is 19.2. The highest BCUT2D eigenvalue weighted by atomic mass is 35.5. The van der Waals surface area contributed by atoms with Gasteiger partial charge >= 0.3 is 0 Å². The second kappa shape index (κ2) is 9.33. The lowest BCUT2D eigenvalue weighted by Crippen LogP contribution is -2.44. The largest absolute Gasteiger partial charge is 0.373 e. The van der Waals surface area contributed by atoms with Crippen LogP contribution in [0.3, 0.4) is 0 Å². The summed E-state index contributed by atoms with van der Waals surface area (Å²) in [6.45, 7) is 3.18. The average Bonchev–Trinajstić information content (AvgIpc) is 2.62. The van der Waals surface area contributed by atoms with E-state index in [1.54, 1.807) is 0 Å². The van der Waals surface area contributed by atoms with Gasteiger partial charge in [0.1, 0.15) is 0 Å². The van der Waals surface area contributed by atoms with E-state index < -0.39 is 0 Å². The lowest BCUT2D eigenvalue weighted by Gasteiger charge is -2.33. The van der Waals surface area contributed by atoms with E-state index in [0.29, 0.717) is 12.1 Å². The van der Waals surface area contributed by atoms with E-state index in [9.17, 15) is 0 Å².